The van der Waals surface area contributed by atoms with E-state index >= 15 is 0 Å². The Hall–Kier alpha value is -2.85. The topological polar surface area (TPSA) is 105 Å². The number of amides is 1. The molecule has 0 radical (unpaired) electrons. The molecule has 0 aliphatic carbocycles. The number of thioether (sulfide) groups is 1. The number of anilines is 1. The standard InChI is InChI=1S/C23H26N4O4S2/c1-16-5-11-20(12-6-16)33(29,30)26-19-9-7-18(8-10-19)22-24-25-23(31-22)32-15-21(28)27-13-3-4-17(2)14-27/h5-12,17,26H,3-4,13-15H2,1-2H3/t17-/m1/s1. The summed E-state index contributed by atoms with van der Waals surface area (Å²) in [6.45, 7) is 5.67. The molecule has 1 atom stereocenters. The fourth-order valence-corrected chi connectivity index (χ4v) is 5.35. The van der Waals surface area contributed by atoms with Gasteiger partial charge in [-0.3, -0.25) is 9.52 Å². The molecule has 0 saturated carbocycles. The minimum Gasteiger partial charge on any atom is -0.411 e. The summed E-state index contributed by atoms with van der Waals surface area (Å²) in [7, 11) is -3.67. The lowest BCUT2D eigenvalue weighted by Crippen LogP contribution is -2.40. The van der Waals surface area contributed by atoms with E-state index in [1.807, 2.05) is 11.8 Å². The van der Waals surface area contributed by atoms with Gasteiger partial charge in [-0.05, 0) is 62.1 Å². The van der Waals surface area contributed by atoms with Gasteiger partial charge in [0.25, 0.3) is 15.2 Å². The summed E-state index contributed by atoms with van der Waals surface area (Å²) in [6, 6.07) is 13.3. The van der Waals surface area contributed by atoms with E-state index in [0.29, 0.717) is 28.3 Å². The number of carbonyl (C=O) groups is 1. The molecule has 10 heteroatoms. The summed E-state index contributed by atoms with van der Waals surface area (Å²) in [5.41, 5.74) is 2.07. The number of carbonyl (C=O) groups excluding carboxylic acids is 1. The van der Waals surface area contributed by atoms with Crippen LogP contribution in [0.25, 0.3) is 11.5 Å². The summed E-state index contributed by atoms with van der Waals surface area (Å²) in [5.74, 6) is 1.18. The molecule has 33 heavy (non-hydrogen) atoms. The van der Waals surface area contributed by atoms with Crippen molar-refractivity contribution in [2.24, 2.45) is 5.92 Å². The molecule has 1 amide bonds. The number of nitrogens with one attached hydrogen (secondary N) is 1. The van der Waals surface area contributed by atoms with E-state index in [1.165, 1.54) is 11.8 Å². The van der Waals surface area contributed by atoms with Crippen LogP contribution in [-0.2, 0) is 14.8 Å². The number of nitrogens with zero attached hydrogens (tertiary/aromatic N) is 3. The maximum absolute atomic E-state index is 12.5. The highest BCUT2D eigenvalue weighted by Crippen LogP contribution is 2.26. The second kappa shape index (κ2) is 9.96. The highest BCUT2D eigenvalue weighted by Gasteiger charge is 2.22. The molecule has 1 fully saturated rings. The van der Waals surface area contributed by atoms with Crippen molar-refractivity contribution in [3.05, 3.63) is 54.1 Å². The fourth-order valence-electron chi connectivity index (χ4n) is 3.63. The van der Waals surface area contributed by atoms with Crippen molar-refractivity contribution in [3.63, 3.8) is 0 Å². The van der Waals surface area contributed by atoms with E-state index in [2.05, 4.69) is 21.8 Å². The summed E-state index contributed by atoms with van der Waals surface area (Å²) in [4.78, 5) is 14.5. The Balaban J connectivity index is 1.35. The average molecular weight is 487 g/mol. The molecule has 1 aliphatic rings. The number of benzene rings is 2. The Morgan fingerprint density at radius 1 is 1.15 bits per heavy atom. The Bertz CT molecular complexity index is 1210. The normalized spacial score (nSPS) is 16.5. The van der Waals surface area contributed by atoms with Gasteiger partial charge in [0.15, 0.2) is 0 Å². The van der Waals surface area contributed by atoms with Gasteiger partial charge in [-0.1, -0.05) is 36.4 Å². The SMILES string of the molecule is Cc1ccc(S(=O)(=O)Nc2ccc(-c3nnc(SCC(=O)N4CCC[C@@H](C)C4)o3)cc2)cc1. The Kier molecular flexibility index (Phi) is 7.04. The fraction of sp³-hybridized carbons (Fsp3) is 0.348. The van der Waals surface area contributed by atoms with Crippen LogP contribution < -0.4 is 4.72 Å². The first kappa shape index (κ1) is 23.3. The maximum Gasteiger partial charge on any atom is 0.277 e. The molecule has 0 bridgehead atoms. The van der Waals surface area contributed by atoms with E-state index < -0.39 is 10.0 Å². The van der Waals surface area contributed by atoms with E-state index in [9.17, 15) is 13.2 Å². The van der Waals surface area contributed by atoms with Gasteiger partial charge in [-0.2, -0.15) is 0 Å². The van der Waals surface area contributed by atoms with Crippen molar-refractivity contribution in [1.82, 2.24) is 15.1 Å². The molecule has 1 N–H and O–H groups in total. The second-order valence-electron chi connectivity index (χ2n) is 8.24. The number of aromatic nitrogens is 2. The number of hydrogen-bond acceptors (Lipinski definition) is 7. The lowest BCUT2D eigenvalue weighted by atomic mass is 10.0. The molecule has 0 spiro atoms. The van der Waals surface area contributed by atoms with Gasteiger partial charge < -0.3 is 9.32 Å². The van der Waals surface area contributed by atoms with Gasteiger partial charge in [-0.25, -0.2) is 8.42 Å². The minimum absolute atomic E-state index is 0.0801. The summed E-state index contributed by atoms with van der Waals surface area (Å²) in [5, 5.41) is 8.39. The Morgan fingerprint density at radius 2 is 1.88 bits per heavy atom. The minimum atomic E-state index is -3.67. The van der Waals surface area contributed by atoms with Crippen molar-refractivity contribution in [3.8, 4) is 11.5 Å². The quantitative estimate of drug-likeness (QED) is 0.499. The van der Waals surface area contributed by atoms with E-state index in [1.54, 1.807) is 48.5 Å². The number of piperidine rings is 1. The highest BCUT2D eigenvalue weighted by atomic mass is 32.2. The van der Waals surface area contributed by atoms with Crippen LogP contribution in [0.5, 0.6) is 0 Å². The third kappa shape index (κ3) is 5.94. The van der Waals surface area contributed by atoms with Gasteiger partial charge in [-0.15, -0.1) is 10.2 Å². The van der Waals surface area contributed by atoms with Crippen molar-refractivity contribution >= 4 is 33.4 Å². The first-order chi connectivity index (χ1) is 15.8. The van der Waals surface area contributed by atoms with Crippen molar-refractivity contribution < 1.29 is 17.6 Å². The molecular formula is C23H26N4O4S2. The molecular weight excluding hydrogens is 460 g/mol. The number of sulfonamides is 1. The lowest BCUT2D eigenvalue weighted by molar-refractivity contribution is -0.130. The van der Waals surface area contributed by atoms with Crippen molar-refractivity contribution in [1.29, 1.82) is 0 Å². The smallest absolute Gasteiger partial charge is 0.277 e. The maximum atomic E-state index is 12.5. The molecule has 2 heterocycles. The predicted molar refractivity (Wildman–Crippen MR) is 127 cm³/mol. The van der Waals surface area contributed by atoms with Crippen LogP contribution in [0.1, 0.15) is 25.3 Å². The molecule has 2 aromatic carbocycles. The van der Waals surface area contributed by atoms with Gasteiger partial charge in [0.2, 0.25) is 11.8 Å². The molecule has 4 rings (SSSR count). The largest absolute Gasteiger partial charge is 0.411 e. The van der Waals surface area contributed by atoms with Gasteiger partial charge >= 0.3 is 0 Å². The Morgan fingerprint density at radius 3 is 2.58 bits per heavy atom. The number of rotatable bonds is 7. The number of hydrogen-bond donors (Lipinski definition) is 1. The van der Waals surface area contributed by atoms with Crippen molar-refractivity contribution in [2.75, 3.05) is 23.6 Å². The predicted octanol–water partition coefficient (Wildman–Crippen LogP) is 4.20. The number of likely N-dealkylation sites (tertiary alicyclic amines) is 1. The summed E-state index contributed by atoms with van der Waals surface area (Å²) in [6.07, 6.45) is 2.20. The molecule has 0 unspecified atom stereocenters. The van der Waals surface area contributed by atoms with E-state index in [-0.39, 0.29) is 16.6 Å². The van der Waals surface area contributed by atoms with E-state index in [4.69, 9.17) is 4.42 Å². The zero-order chi connectivity index (χ0) is 23.4. The molecule has 1 aromatic heterocycles. The molecule has 3 aromatic rings. The van der Waals surface area contributed by atoms with Crippen LogP contribution in [0.2, 0.25) is 0 Å². The molecule has 174 valence electrons. The van der Waals surface area contributed by atoms with Gasteiger partial charge in [0.1, 0.15) is 0 Å². The second-order valence-corrected chi connectivity index (χ2v) is 10.9. The number of aryl methyl sites for hydroxylation is 1. The third-order valence-corrected chi connectivity index (χ3v) is 7.65. The lowest BCUT2D eigenvalue weighted by Gasteiger charge is -2.30. The van der Waals surface area contributed by atoms with E-state index in [0.717, 1.165) is 31.5 Å². The third-order valence-electron chi connectivity index (χ3n) is 5.45. The van der Waals surface area contributed by atoms with Crippen LogP contribution in [0.15, 0.2) is 63.1 Å². The summed E-state index contributed by atoms with van der Waals surface area (Å²) < 4.78 is 33.3. The van der Waals surface area contributed by atoms with Crippen LogP contribution in [0, 0.1) is 12.8 Å². The van der Waals surface area contributed by atoms with Gasteiger partial charge in [0, 0.05) is 24.3 Å². The van der Waals surface area contributed by atoms with Crippen LogP contribution in [-0.4, -0.2) is 48.3 Å². The first-order valence-electron chi connectivity index (χ1n) is 10.7. The van der Waals surface area contributed by atoms with Crippen molar-refractivity contribution in [2.45, 2.75) is 36.8 Å². The van der Waals surface area contributed by atoms with Crippen LogP contribution in [0.4, 0.5) is 5.69 Å². The first-order valence-corrected chi connectivity index (χ1v) is 13.2. The average Bonchev–Trinajstić information content (AvgIpc) is 3.27. The van der Waals surface area contributed by atoms with Gasteiger partial charge in [0.05, 0.1) is 10.6 Å². The highest BCUT2D eigenvalue weighted by molar-refractivity contribution is 7.99. The zero-order valence-electron chi connectivity index (χ0n) is 18.5. The van der Waals surface area contributed by atoms with Crippen LogP contribution >= 0.6 is 11.8 Å². The van der Waals surface area contributed by atoms with Crippen LogP contribution in [0.3, 0.4) is 0 Å². The molecule has 1 aliphatic heterocycles. The Labute approximate surface area is 197 Å². The molecule has 8 nitrogen and oxygen atoms in total. The zero-order valence-corrected chi connectivity index (χ0v) is 20.2. The molecule has 1 saturated heterocycles. The monoisotopic (exact) mass is 486 g/mol. The summed E-state index contributed by atoms with van der Waals surface area (Å²) >= 11 is 1.23.